The van der Waals surface area contributed by atoms with E-state index in [9.17, 15) is 62.1 Å². The number of hydrogen-bond acceptors (Lipinski definition) is 22. The van der Waals surface area contributed by atoms with E-state index in [1.54, 1.807) is 6.92 Å². The molecule has 0 saturated heterocycles. The second-order valence-electron chi connectivity index (χ2n) is 13.6. The van der Waals surface area contributed by atoms with Gasteiger partial charge in [-0.25, -0.2) is 33.7 Å². The number of methoxy groups -OCH3 is 1. The number of rotatable bonds is 11. The van der Waals surface area contributed by atoms with E-state index in [1.165, 1.54) is 49.6 Å². The van der Waals surface area contributed by atoms with Crippen LogP contribution >= 0.6 is 0 Å². The maximum absolute atomic E-state index is 12.1. The number of anilines is 1. The van der Waals surface area contributed by atoms with E-state index in [-0.39, 0.29) is 240 Å². The van der Waals surface area contributed by atoms with Gasteiger partial charge >= 0.3 is 162 Å². The molecular formula is C38H25K2N7Na2O15S4. The van der Waals surface area contributed by atoms with E-state index >= 15 is 0 Å². The Bertz CT molecular complexity index is 3730. The van der Waals surface area contributed by atoms with Crippen LogP contribution in [0, 0.1) is 6.92 Å². The fourth-order valence-electron chi connectivity index (χ4n) is 6.43. The number of aryl methyl sites for hydroxylation is 1. The number of phenols is 2. The molecule has 0 aromatic heterocycles. The van der Waals surface area contributed by atoms with Crippen LogP contribution < -0.4 is 172 Å². The summed E-state index contributed by atoms with van der Waals surface area (Å²) in [6, 6.07) is 16.1. The summed E-state index contributed by atoms with van der Waals surface area (Å²) in [5, 5.41) is 46.0. The first kappa shape index (κ1) is 60.5. The van der Waals surface area contributed by atoms with Crippen molar-refractivity contribution >= 4 is 113 Å². The van der Waals surface area contributed by atoms with Crippen molar-refractivity contribution in [1.29, 1.82) is 0 Å². The Hall–Kier alpha value is -1.77. The minimum absolute atomic E-state index is 0. The number of hydrogen-bond donors (Lipinski definition) is 3. The number of azo groups is 3. The molecule has 7 aromatic carbocycles. The fraction of sp³-hybridized carbons (Fsp3) is 0.0526. The van der Waals surface area contributed by atoms with Gasteiger partial charge in [0.15, 0.2) is 0 Å². The average Bonchev–Trinajstić information content (AvgIpc) is 3.20. The predicted octanol–water partition coefficient (Wildman–Crippen LogP) is -4.66. The summed E-state index contributed by atoms with van der Waals surface area (Å²) in [7, 11) is -18.9. The Kier molecular flexibility index (Phi) is 20.8. The number of benzene rings is 7. The molecule has 68 heavy (non-hydrogen) atoms. The van der Waals surface area contributed by atoms with E-state index in [0.29, 0.717) is 11.6 Å². The summed E-state index contributed by atoms with van der Waals surface area (Å²) in [4.78, 5) is -3.09. The number of nitrogens with zero attached hydrogens (tertiary/aromatic N) is 6. The number of ether oxygens (including phenoxy) is 1. The monoisotopic (exact) mass is 1070 g/mol. The zero-order valence-corrected chi connectivity index (χ0v) is 49.8. The van der Waals surface area contributed by atoms with Gasteiger partial charge in [-0.05, 0) is 96.1 Å². The zero-order valence-electron chi connectivity index (χ0n) is 36.3. The molecule has 0 atom stereocenters. The number of nitrogens with two attached hydrogens (primary N) is 1. The van der Waals surface area contributed by atoms with Crippen LogP contribution in [-0.4, -0.2) is 69.2 Å². The molecule has 22 nitrogen and oxygen atoms in total. The van der Waals surface area contributed by atoms with Gasteiger partial charge in [-0.1, -0.05) is 12.1 Å². The van der Waals surface area contributed by atoms with Gasteiger partial charge in [-0.3, -0.25) is 0 Å². The first-order valence-electron chi connectivity index (χ1n) is 17.5. The summed E-state index contributed by atoms with van der Waals surface area (Å²) < 4.78 is 148. The van der Waals surface area contributed by atoms with E-state index < -0.39 is 71.5 Å². The normalized spacial score (nSPS) is 12.3. The third-order valence-corrected chi connectivity index (χ3v) is 12.7. The predicted molar refractivity (Wildman–Crippen MR) is 222 cm³/mol. The zero-order chi connectivity index (χ0) is 46.7. The molecule has 330 valence electrons. The number of fused-ring (bicyclic) bond motifs is 3. The van der Waals surface area contributed by atoms with Crippen molar-refractivity contribution in [1.82, 2.24) is 0 Å². The Morgan fingerprint density at radius 1 is 0.485 bits per heavy atom. The van der Waals surface area contributed by atoms with Gasteiger partial charge in [0, 0.05) is 27.9 Å². The van der Waals surface area contributed by atoms with Crippen molar-refractivity contribution in [3.05, 3.63) is 96.6 Å². The van der Waals surface area contributed by atoms with Crippen LogP contribution in [0.25, 0.3) is 32.3 Å². The van der Waals surface area contributed by atoms with Crippen molar-refractivity contribution in [3.63, 3.8) is 0 Å². The van der Waals surface area contributed by atoms with Crippen LogP contribution in [0.4, 0.5) is 39.8 Å². The molecule has 7 aromatic rings. The van der Waals surface area contributed by atoms with Gasteiger partial charge < -0.3 is 38.9 Å². The SMILES string of the molecule is COc1cc(N=Nc2ccc(N=Nc3cc(S(=O)(=O)[O-])cc4cc(S(=O)(=O)[O-])cc(O)c34)c3ccc(S(=O)(=O)[O-])cc23)c(C)cc1N=Nc1c(O)ccc2cc(S(=O)(=O)[O-])cc(N)c12.[K+].[K+].[Na+].[Na+]. The molecule has 4 N–H and O–H groups in total. The molecule has 30 heteroatoms. The van der Waals surface area contributed by atoms with Crippen molar-refractivity contribution in [2.45, 2.75) is 26.5 Å². The third-order valence-electron chi connectivity index (χ3n) is 9.41. The van der Waals surface area contributed by atoms with Gasteiger partial charge in [-0.2, -0.15) is 5.11 Å². The minimum atomic E-state index is -5.21. The first-order chi connectivity index (χ1) is 29.8. The molecule has 0 radical (unpaired) electrons. The molecule has 0 saturated carbocycles. The van der Waals surface area contributed by atoms with Crippen molar-refractivity contribution in [2.24, 2.45) is 30.7 Å². The van der Waals surface area contributed by atoms with Gasteiger partial charge in [0.1, 0.15) is 69.1 Å². The summed E-state index contributed by atoms with van der Waals surface area (Å²) >= 11 is 0. The standard InChI is InChI=1S/C38H29N7O15S4.2K.2Na/c1-18-9-31(43-45-38-33(46)8-3-19-10-22(62(51,52)53)14-27(39)36(19)38)35(60-2)17-30(18)42-41-29-7-6-28(25-5-4-21(13-26(25)29)61(48,49)50)40-44-32-15-23(63(54,55)56)11-20-12-24(64(57,58)59)16-34(47)37(20)32;;;;/h3-17,46-47H,39H2,1-2H3,(H,48,49,50)(H,51,52,53)(H,54,55,56)(H,57,58,59);;;;/q;4*+1/p-4. The molecule has 0 aliphatic carbocycles. The number of phenolic OH excluding ortho intramolecular Hbond substituents is 2. The molecule has 0 spiro atoms. The van der Waals surface area contributed by atoms with Crippen LogP contribution in [0.15, 0.2) is 141 Å². The Morgan fingerprint density at radius 3 is 1.56 bits per heavy atom. The third kappa shape index (κ3) is 13.4. The molecule has 7 rings (SSSR count). The molecule has 0 aliphatic heterocycles. The summed E-state index contributed by atoms with van der Waals surface area (Å²) in [5.74, 6) is -1.11. The second kappa shape index (κ2) is 23.4. The Labute approximate surface area is 516 Å². The van der Waals surface area contributed by atoms with Crippen LogP contribution in [0.5, 0.6) is 17.2 Å². The van der Waals surface area contributed by atoms with E-state index in [0.717, 1.165) is 42.5 Å². The van der Waals surface area contributed by atoms with Crippen molar-refractivity contribution < 1.29 is 229 Å². The van der Waals surface area contributed by atoms with Crippen LogP contribution in [0.3, 0.4) is 0 Å². The largest absolute Gasteiger partial charge is 1.00 e. The second-order valence-corrected chi connectivity index (χ2v) is 19.1. The smallest absolute Gasteiger partial charge is 0.744 e. The fourth-order valence-corrected chi connectivity index (χ4v) is 8.52. The maximum Gasteiger partial charge on any atom is 1.00 e. The summed E-state index contributed by atoms with van der Waals surface area (Å²) in [6.45, 7) is 1.61. The quantitative estimate of drug-likeness (QED) is 0.0474. The maximum atomic E-state index is 12.1. The van der Waals surface area contributed by atoms with Gasteiger partial charge in [0.2, 0.25) is 0 Å². The molecule has 0 aliphatic rings. The number of aromatic hydroxyl groups is 2. The molecule has 0 heterocycles. The van der Waals surface area contributed by atoms with Crippen LogP contribution in [0.1, 0.15) is 5.56 Å². The summed E-state index contributed by atoms with van der Waals surface area (Å²) in [5.41, 5.74) is 5.98. The van der Waals surface area contributed by atoms with Gasteiger partial charge in [-0.15, -0.1) is 25.6 Å². The molecule has 0 bridgehead atoms. The molecule has 0 unspecified atom stereocenters. The number of nitrogen functional groups attached to an aromatic ring is 1. The molecule has 0 fully saturated rings. The van der Waals surface area contributed by atoms with Crippen molar-refractivity contribution in [2.75, 3.05) is 12.8 Å². The first-order valence-corrected chi connectivity index (χ1v) is 23.2. The van der Waals surface area contributed by atoms with Gasteiger partial charge in [0.25, 0.3) is 0 Å². The van der Waals surface area contributed by atoms with E-state index in [2.05, 4.69) is 30.7 Å². The summed E-state index contributed by atoms with van der Waals surface area (Å²) in [6.07, 6.45) is 0. The van der Waals surface area contributed by atoms with E-state index in [4.69, 9.17) is 10.5 Å². The van der Waals surface area contributed by atoms with Crippen LogP contribution in [0.2, 0.25) is 0 Å². The molecule has 0 amide bonds. The van der Waals surface area contributed by atoms with Crippen molar-refractivity contribution in [3.8, 4) is 17.2 Å². The topological polar surface area (TPSA) is 379 Å². The average molecular weight is 1070 g/mol. The minimum Gasteiger partial charge on any atom is -0.744 e. The van der Waals surface area contributed by atoms with E-state index in [1.807, 2.05) is 0 Å². The molecular weight excluding hydrogens is 1050 g/mol. The Morgan fingerprint density at radius 2 is 0.985 bits per heavy atom. The Balaban J connectivity index is 0.00000306. The van der Waals surface area contributed by atoms with Crippen LogP contribution in [-0.2, 0) is 40.5 Å². The van der Waals surface area contributed by atoms with Gasteiger partial charge in [0.05, 0.1) is 54.8 Å².